The fraction of sp³-hybridized carbons (Fsp3) is 0.238. The van der Waals surface area contributed by atoms with E-state index in [4.69, 9.17) is 0 Å². The molecule has 0 radical (unpaired) electrons. The Hall–Kier alpha value is -2.84. The molecule has 0 aliphatic rings. The maximum absolute atomic E-state index is 12.4. The highest BCUT2D eigenvalue weighted by atomic mass is 32.1. The minimum atomic E-state index is -0.295. The molecule has 0 aliphatic carbocycles. The third-order valence-corrected chi connectivity index (χ3v) is 6.49. The van der Waals surface area contributed by atoms with Crippen LogP contribution in [-0.2, 0) is 0 Å². The van der Waals surface area contributed by atoms with Crippen molar-refractivity contribution in [3.8, 4) is 0 Å². The normalized spacial score (nSPS) is 12.7. The molecule has 152 valence electrons. The number of urea groups is 2. The van der Waals surface area contributed by atoms with Gasteiger partial charge < -0.3 is 21.3 Å². The number of amides is 4. The maximum atomic E-state index is 12.4. The van der Waals surface area contributed by atoms with Crippen molar-refractivity contribution in [3.05, 3.63) is 68.5 Å². The molecule has 2 heterocycles. The Kier molecular flexibility index (Phi) is 6.90. The number of hydrogen-bond acceptors (Lipinski definition) is 4. The van der Waals surface area contributed by atoms with Crippen molar-refractivity contribution in [2.45, 2.75) is 32.9 Å². The molecule has 0 unspecified atom stereocenters. The lowest BCUT2D eigenvalue weighted by Crippen LogP contribution is -2.31. The Bertz CT molecular complexity index is 955. The fourth-order valence-corrected chi connectivity index (χ4v) is 4.24. The molecule has 1 aromatic carbocycles. The number of benzene rings is 1. The van der Waals surface area contributed by atoms with Crippen LogP contribution in [0, 0.1) is 6.92 Å². The zero-order valence-corrected chi connectivity index (χ0v) is 18.1. The third-order valence-electron chi connectivity index (χ3n) is 4.38. The van der Waals surface area contributed by atoms with Gasteiger partial charge in [-0.1, -0.05) is 18.2 Å². The lowest BCUT2D eigenvalue weighted by Gasteiger charge is -2.16. The van der Waals surface area contributed by atoms with E-state index in [1.54, 1.807) is 28.7 Å². The van der Waals surface area contributed by atoms with Crippen LogP contribution in [-0.4, -0.2) is 12.1 Å². The number of nitrogens with one attached hydrogen (secondary N) is 4. The van der Waals surface area contributed by atoms with Gasteiger partial charge in [0.2, 0.25) is 0 Å². The van der Waals surface area contributed by atoms with Crippen molar-refractivity contribution in [1.29, 1.82) is 0 Å². The molecule has 4 N–H and O–H groups in total. The molecule has 29 heavy (non-hydrogen) atoms. The van der Waals surface area contributed by atoms with Crippen LogP contribution in [0.4, 0.5) is 21.0 Å². The average molecular weight is 429 g/mol. The summed E-state index contributed by atoms with van der Waals surface area (Å²) >= 11 is 3.20. The van der Waals surface area contributed by atoms with Crippen LogP contribution in [0.25, 0.3) is 0 Å². The maximum Gasteiger partial charge on any atom is 0.319 e. The first-order valence-electron chi connectivity index (χ1n) is 9.25. The first-order chi connectivity index (χ1) is 13.9. The number of aryl methyl sites for hydroxylation is 1. The van der Waals surface area contributed by atoms with Gasteiger partial charge in [0.1, 0.15) is 0 Å². The molecule has 3 rings (SSSR count). The predicted molar refractivity (Wildman–Crippen MR) is 121 cm³/mol. The molecular formula is C21H24N4O2S2. The Balaban J connectivity index is 1.58. The van der Waals surface area contributed by atoms with Crippen molar-refractivity contribution in [2.24, 2.45) is 0 Å². The summed E-state index contributed by atoms with van der Waals surface area (Å²) in [4.78, 5) is 26.8. The molecule has 3 aromatic rings. The highest BCUT2D eigenvalue weighted by Crippen LogP contribution is 2.22. The van der Waals surface area contributed by atoms with Crippen LogP contribution < -0.4 is 21.3 Å². The second kappa shape index (κ2) is 9.58. The lowest BCUT2D eigenvalue weighted by atomic mass is 10.2. The van der Waals surface area contributed by atoms with Gasteiger partial charge in [-0.15, -0.1) is 22.7 Å². The van der Waals surface area contributed by atoms with Gasteiger partial charge in [-0.05, 0) is 61.4 Å². The topological polar surface area (TPSA) is 82.3 Å². The van der Waals surface area contributed by atoms with Crippen LogP contribution in [0.5, 0.6) is 0 Å². The number of carbonyl (C=O) groups is 2. The number of thiophene rings is 2. The zero-order chi connectivity index (χ0) is 20.8. The van der Waals surface area contributed by atoms with E-state index in [9.17, 15) is 9.59 Å². The molecular weight excluding hydrogens is 404 g/mol. The number of hydrogen-bond donors (Lipinski definition) is 4. The van der Waals surface area contributed by atoms with Crippen LogP contribution >= 0.6 is 22.7 Å². The van der Waals surface area contributed by atoms with Crippen LogP contribution in [0.15, 0.2) is 53.2 Å². The van der Waals surface area contributed by atoms with Gasteiger partial charge in [0.15, 0.2) is 0 Å². The first kappa shape index (κ1) is 20.9. The Morgan fingerprint density at radius 1 is 0.828 bits per heavy atom. The van der Waals surface area contributed by atoms with E-state index in [-0.39, 0.29) is 24.1 Å². The molecule has 2 atom stereocenters. The quantitative estimate of drug-likeness (QED) is 0.395. The lowest BCUT2D eigenvalue weighted by molar-refractivity contribution is 0.248. The predicted octanol–water partition coefficient (Wildman–Crippen LogP) is 5.88. The minimum absolute atomic E-state index is 0.0810. The second-order valence-electron chi connectivity index (χ2n) is 6.70. The SMILES string of the molecule is Cc1ccc(NC(=O)N[C@@H](C)c2cccs2)cc1NC(=O)N[C@H](C)c1cccs1. The summed E-state index contributed by atoms with van der Waals surface area (Å²) in [6.45, 7) is 5.78. The summed E-state index contributed by atoms with van der Waals surface area (Å²) in [6, 6.07) is 12.6. The summed E-state index contributed by atoms with van der Waals surface area (Å²) in [7, 11) is 0. The van der Waals surface area contributed by atoms with Crippen molar-refractivity contribution in [3.63, 3.8) is 0 Å². The summed E-state index contributed by atoms with van der Waals surface area (Å²) in [5.74, 6) is 0. The van der Waals surface area contributed by atoms with Crippen LogP contribution in [0.1, 0.15) is 41.2 Å². The molecule has 6 nitrogen and oxygen atoms in total. The van der Waals surface area contributed by atoms with E-state index >= 15 is 0 Å². The van der Waals surface area contributed by atoms with Gasteiger partial charge >= 0.3 is 12.1 Å². The van der Waals surface area contributed by atoms with E-state index < -0.39 is 0 Å². The minimum Gasteiger partial charge on any atom is -0.331 e. The molecule has 0 aliphatic heterocycles. The van der Waals surface area contributed by atoms with Crippen molar-refractivity contribution < 1.29 is 9.59 Å². The standard InChI is InChI=1S/C21H24N4O2S2/c1-13-8-9-16(24-20(26)22-14(2)18-6-4-10-28-18)12-17(13)25-21(27)23-15(3)19-7-5-11-29-19/h4-12,14-15H,1-3H3,(H2,22,24,26)(H2,23,25,27)/t14-,15+/m0/s1. The largest absolute Gasteiger partial charge is 0.331 e. The number of rotatable bonds is 6. The third kappa shape index (κ3) is 5.82. The molecule has 0 saturated heterocycles. The van der Waals surface area contributed by atoms with Crippen molar-refractivity contribution >= 4 is 46.1 Å². The zero-order valence-electron chi connectivity index (χ0n) is 16.5. The van der Waals surface area contributed by atoms with E-state index in [2.05, 4.69) is 21.3 Å². The highest BCUT2D eigenvalue weighted by molar-refractivity contribution is 7.10. The van der Waals surface area contributed by atoms with E-state index in [0.717, 1.165) is 15.3 Å². The molecule has 8 heteroatoms. The van der Waals surface area contributed by atoms with Crippen molar-refractivity contribution in [2.75, 3.05) is 10.6 Å². The van der Waals surface area contributed by atoms with Gasteiger partial charge in [-0.3, -0.25) is 0 Å². The summed E-state index contributed by atoms with van der Waals surface area (Å²) in [5, 5.41) is 15.5. The number of carbonyl (C=O) groups excluding carboxylic acids is 2. The smallest absolute Gasteiger partial charge is 0.319 e. The molecule has 0 bridgehead atoms. The average Bonchev–Trinajstić information content (AvgIpc) is 3.38. The van der Waals surface area contributed by atoms with Gasteiger partial charge in [0.25, 0.3) is 0 Å². The van der Waals surface area contributed by atoms with Gasteiger partial charge in [0.05, 0.1) is 12.1 Å². The van der Waals surface area contributed by atoms with Crippen molar-refractivity contribution in [1.82, 2.24) is 10.6 Å². The molecule has 2 aromatic heterocycles. The van der Waals surface area contributed by atoms with Gasteiger partial charge in [-0.25, -0.2) is 9.59 Å². The highest BCUT2D eigenvalue weighted by Gasteiger charge is 2.13. The first-order valence-corrected chi connectivity index (χ1v) is 11.0. The number of anilines is 2. The molecule has 0 spiro atoms. The van der Waals surface area contributed by atoms with Crippen LogP contribution in [0.2, 0.25) is 0 Å². The second-order valence-corrected chi connectivity index (χ2v) is 8.66. The summed E-state index contributed by atoms with van der Waals surface area (Å²) in [6.07, 6.45) is 0. The Morgan fingerprint density at radius 3 is 1.90 bits per heavy atom. The van der Waals surface area contributed by atoms with E-state index in [0.29, 0.717) is 11.4 Å². The molecule has 0 fully saturated rings. The van der Waals surface area contributed by atoms with Crippen LogP contribution in [0.3, 0.4) is 0 Å². The summed E-state index contributed by atoms with van der Waals surface area (Å²) in [5.41, 5.74) is 2.15. The van der Waals surface area contributed by atoms with E-state index in [1.165, 1.54) is 0 Å². The summed E-state index contributed by atoms with van der Waals surface area (Å²) < 4.78 is 0. The molecule has 0 saturated carbocycles. The Labute approximate surface area is 178 Å². The monoisotopic (exact) mass is 428 g/mol. The van der Waals surface area contributed by atoms with Gasteiger partial charge in [-0.2, -0.15) is 0 Å². The van der Waals surface area contributed by atoms with Gasteiger partial charge in [0, 0.05) is 21.1 Å². The van der Waals surface area contributed by atoms with E-state index in [1.807, 2.05) is 67.9 Å². The molecule has 4 amide bonds. The fourth-order valence-electron chi connectivity index (χ4n) is 2.77. The Morgan fingerprint density at radius 2 is 1.38 bits per heavy atom.